The van der Waals surface area contributed by atoms with E-state index in [9.17, 15) is 26.4 Å². The number of carbonyl (C=O) groups excluding carboxylic acids is 1. The van der Waals surface area contributed by atoms with Crippen molar-refractivity contribution in [1.29, 1.82) is 0 Å². The predicted molar refractivity (Wildman–Crippen MR) is 127 cm³/mol. The van der Waals surface area contributed by atoms with E-state index >= 15 is 0 Å². The molecular weight excluding hydrogens is 501 g/mol. The number of benzene rings is 2. The van der Waals surface area contributed by atoms with Crippen LogP contribution in [-0.4, -0.2) is 42.6 Å². The van der Waals surface area contributed by atoms with Crippen LogP contribution in [-0.2, 0) is 9.84 Å². The molecule has 3 fully saturated rings. The maximum absolute atomic E-state index is 13.6. The summed E-state index contributed by atoms with van der Waals surface area (Å²) in [4.78, 5) is 15.1. The lowest BCUT2D eigenvalue weighted by atomic mass is 9.99. The topological polar surface area (TPSA) is 66.5 Å². The van der Waals surface area contributed by atoms with Gasteiger partial charge in [0.2, 0.25) is 0 Å². The molecule has 2 bridgehead atoms. The summed E-state index contributed by atoms with van der Waals surface area (Å²) in [7, 11) is -3.82. The lowest BCUT2D eigenvalue weighted by Crippen LogP contribution is -2.50. The molecule has 0 radical (unpaired) electrons. The highest BCUT2D eigenvalue weighted by atomic mass is 35.5. The Morgan fingerprint density at radius 2 is 1.51 bits per heavy atom. The predicted octanol–water partition coefficient (Wildman–Crippen LogP) is 5.72. The molecule has 0 aromatic heterocycles. The van der Waals surface area contributed by atoms with Crippen LogP contribution in [0.3, 0.4) is 0 Å². The van der Waals surface area contributed by atoms with E-state index in [0.29, 0.717) is 31.0 Å². The SMILES string of the molecule is O=C(Nc1cc(F)c(F)c(F)c1)c1ccc(Cl)c(S(=O)(=O)[C@@H]2CC3CC[C@@H](C2)N3C2CCCC2)c1. The van der Waals surface area contributed by atoms with E-state index in [2.05, 4.69) is 10.2 Å². The number of fused-ring (bicyclic) bond motifs is 2. The standard InChI is InChI=1S/C25H26ClF3N2O3S/c26-20-8-5-14(25(32)30-15-10-21(27)24(29)22(28)11-15)9-23(20)35(33,34)19-12-17-6-7-18(13-19)31(17)16-3-1-2-4-16/h5,8-11,16-19H,1-4,6-7,12-13H2,(H,30,32)/t17-,18?,19-/m0/s1. The maximum atomic E-state index is 13.6. The van der Waals surface area contributed by atoms with Crippen LogP contribution in [0.25, 0.3) is 0 Å². The molecule has 2 heterocycles. The number of hydrogen-bond acceptors (Lipinski definition) is 4. The Hall–Kier alpha value is -2.10. The second-order valence-electron chi connectivity index (χ2n) is 9.76. The zero-order valence-corrected chi connectivity index (χ0v) is 20.5. The first-order valence-corrected chi connectivity index (χ1v) is 13.8. The van der Waals surface area contributed by atoms with Gasteiger partial charge >= 0.3 is 0 Å². The normalized spacial score (nSPS) is 25.2. The zero-order valence-electron chi connectivity index (χ0n) is 18.9. The lowest BCUT2D eigenvalue weighted by molar-refractivity contribution is 0.0908. The summed E-state index contributed by atoms with van der Waals surface area (Å²) >= 11 is 6.28. The van der Waals surface area contributed by atoms with E-state index in [-0.39, 0.29) is 33.3 Å². The Labute approximate surface area is 207 Å². The van der Waals surface area contributed by atoms with Crippen LogP contribution in [0, 0.1) is 17.5 Å². The van der Waals surface area contributed by atoms with Crippen molar-refractivity contribution in [3.8, 4) is 0 Å². The first kappa shape index (κ1) is 24.6. The number of nitrogens with one attached hydrogen (secondary N) is 1. The van der Waals surface area contributed by atoms with E-state index in [0.717, 1.165) is 12.8 Å². The Kier molecular flexibility index (Phi) is 6.61. The van der Waals surface area contributed by atoms with Gasteiger partial charge in [-0.1, -0.05) is 24.4 Å². The largest absolute Gasteiger partial charge is 0.322 e. The minimum atomic E-state index is -3.82. The molecule has 3 aliphatic rings. The Balaban J connectivity index is 1.37. The third-order valence-electron chi connectivity index (χ3n) is 7.67. The molecule has 1 amide bonds. The fourth-order valence-corrected chi connectivity index (χ4v) is 8.47. The first-order valence-electron chi connectivity index (χ1n) is 11.9. The molecule has 2 aliphatic heterocycles. The van der Waals surface area contributed by atoms with Gasteiger partial charge in [0.1, 0.15) is 0 Å². The van der Waals surface area contributed by atoms with Crippen LogP contribution < -0.4 is 5.32 Å². The molecule has 1 unspecified atom stereocenters. The van der Waals surface area contributed by atoms with Gasteiger partial charge in [0.05, 0.1) is 15.2 Å². The fraction of sp³-hybridized carbons (Fsp3) is 0.480. The molecule has 0 spiro atoms. The highest BCUT2D eigenvalue weighted by Gasteiger charge is 2.48. The summed E-state index contributed by atoms with van der Waals surface area (Å²) in [6.07, 6.45) is 7.87. The van der Waals surface area contributed by atoms with E-state index < -0.39 is 38.4 Å². The molecule has 10 heteroatoms. The third kappa shape index (κ3) is 4.58. The second-order valence-corrected chi connectivity index (χ2v) is 12.4. The summed E-state index contributed by atoms with van der Waals surface area (Å²) in [6.45, 7) is 0. The number of piperidine rings is 1. The summed E-state index contributed by atoms with van der Waals surface area (Å²) in [6, 6.07) is 6.20. The van der Waals surface area contributed by atoms with Crippen molar-refractivity contribution >= 4 is 33.0 Å². The highest BCUT2D eigenvalue weighted by Crippen LogP contribution is 2.44. The average Bonchev–Trinajstić information content (AvgIpc) is 3.42. The highest BCUT2D eigenvalue weighted by molar-refractivity contribution is 7.92. The van der Waals surface area contributed by atoms with Gasteiger partial charge in [0.25, 0.3) is 5.91 Å². The zero-order chi connectivity index (χ0) is 24.9. The molecule has 1 aliphatic carbocycles. The number of anilines is 1. The number of hydrogen-bond donors (Lipinski definition) is 1. The monoisotopic (exact) mass is 526 g/mol. The fourth-order valence-electron chi connectivity index (χ4n) is 6.09. The number of carbonyl (C=O) groups is 1. The first-order chi connectivity index (χ1) is 16.6. The van der Waals surface area contributed by atoms with E-state index in [1.54, 1.807) is 0 Å². The molecule has 1 N–H and O–H groups in total. The average molecular weight is 527 g/mol. The van der Waals surface area contributed by atoms with Gasteiger partial charge in [-0.3, -0.25) is 9.69 Å². The van der Waals surface area contributed by atoms with E-state index in [1.807, 2.05) is 0 Å². The molecular formula is C25H26ClF3N2O3S. The van der Waals surface area contributed by atoms with Gasteiger partial charge in [0.15, 0.2) is 27.3 Å². The van der Waals surface area contributed by atoms with E-state index in [4.69, 9.17) is 11.6 Å². The summed E-state index contributed by atoms with van der Waals surface area (Å²) in [5.41, 5.74) is -0.328. The second kappa shape index (κ2) is 9.41. The van der Waals surface area contributed by atoms with Gasteiger partial charge in [-0.2, -0.15) is 0 Å². The third-order valence-corrected chi connectivity index (χ3v) is 10.3. The molecule has 188 valence electrons. The lowest BCUT2D eigenvalue weighted by Gasteiger charge is -2.42. The van der Waals surface area contributed by atoms with E-state index in [1.165, 1.54) is 43.9 Å². The van der Waals surface area contributed by atoms with Crippen LogP contribution in [0.15, 0.2) is 35.2 Å². The summed E-state index contributed by atoms with van der Waals surface area (Å²) in [5, 5.41) is 1.71. The molecule has 2 aromatic carbocycles. The molecule has 2 saturated heterocycles. The van der Waals surface area contributed by atoms with Crippen LogP contribution in [0.2, 0.25) is 5.02 Å². The summed E-state index contributed by atoms with van der Waals surface area (Å²) in [5.74, 6) is -5.33. The van der Waals surface area contributed by atoms with Gasteiger partial charge in [-0.15, -0.1) is 0 Å². The van der Waals surface area contributed by atoms with Crippen LogP contribution in [0.1, 0.15) is 61.7 Å². The number of halogens is 4. The Morgan fingerprint density at radius 1 is 0.914 bits per heavy atom. The van der Waals surface area contributed by atoms with Gasteiger partial charge in [-0.25, -0.2) is 21.6 Å². The van der Waals surface area contributed by atoms with Gasteiger partial charge in [-0.05, 0) is 56.7 Å². The number of amides is 1. The summed E-state index contributed by atoms with van der Waals surface area (Å²) < 4.78 is 67.5. The maximum Gasteiger partial charge on any atom is 0.255 e. The minimum Gasteiger partial charge on any atom is -0.322 e. The van der Waals surface area contributed by atoms with Crippen molar-refractivity contribution in [1.82, 2.24) is 4.90 Å². The number of rotatable bonds is 5. The Bertz CT molecular complexity index is 1230. The molecule has 5 nitrogen and oxygen atoms in total. The molecule has 3 atom stereocenters. The quantitative estimate of drug-likeness (QED) is 0.506. The van der Waals surface area contributed by atoms with Crippen molar-refractivity contribution in [2.24, 2.45) is 0 Å². The van der Waals surface area contributed by atoms with Crippen LogP contribution >= 0.6 is 11.6 Å². The van der Waals surface area contributed by atoms with Crippen LogP contribution in [0.5, 0.6) is 0 Å². The van der Waals surface area contributed by atoms with Crippen molar-refractivity contribution in [3.05, 3.63) is 58.4 Å². The smallest absolute Gasteiger partial charge is 0.255 e. The Morgan fingerprint density at radius 3 is 2.11 bits per heavy atom. The molecule has 5 rings (SSSR count). The van der Waals surface area contributed by atoms with Crippen molar-refractivity contribution in [3.63, 3.8) is 0 Å². The molecule has 1 saturated carbocycles. The van der Waals surface area contributed by atoms with Crippen molar-refractivity contribution in [2.45, 2.75) is 79.6 Å². The minimum absolute atomic E-state index is 0.0194. The van der Waals surface area contributed by atoms with Gasteiger partial charge < -0.3 is 5.32 Å². The number of nitrogens with zero attached hydrogens (tertiary/aromatic N) is 1. The van der Waals surface area contributed by atoms with Gasteiger partial charge in [0, 0.05) is 41.5 Å². The van der Waals surface area contributed by atoms with Crippen molar-refractivity contribution < 1.29 is 26.4 Å². The van der Waals surface area contributed by atoms with Crippen molar-refractivity contribution in [2.75, 3.05) is 5.32 Å². The van der Waals surface area contributed by atoms with Crippen LogP contribution in [0.4, 0.5) is 18.9 Å². The molecule has 2 aromatic rings. The number of sulfone groups is 1. The molecule has 35 heavy (non-hydrogen) atoms.